The van der Waals surface area contributed by atoms with Crippen LogP contribution in [0.5, 0.6) is 5.88 Å². The zero-order valence-corrected chi connectivity index (χ0v) is 20.1. The fourth-order valence-corrected chi connectivity index (χ4v) is 3.93. The third-order valence-electron chi connectivity index (χ3n) is 5.81. The van der Waals surface area contributed by atoms with Gasteiger partial charge in [0.15, 0.2) is 0 Å². The van der Waals surface area contributed by atoms with Crippen molar-refractivity contribution in [3.05, 3.63) is 54.5 Å². The van der Waals surface area contributed by atoms with Crippen molar-refractivity contribution in [2.24, 2.45) is 11.3 Å². The SMILES string of the molecule is O=C(O)C(F)(F)F.O=C(O)C(F)(F)F.O=C1NC[C@H](COc2ccccn2)[C@]12CCN(Cc1cccnc1)C2. The molecule has 214 valence electrons. The molecule has 0 radical (unpaired) electrons. The summed E-state index contributed by atoms with van der Waals surface area (Å²) in [6.45, 7) is 3.70. The van der Waals surface area contributed by atoms with Gasteiger partial charge in [-0.3, -0.25) is 14.7 Å². The molecule has 4 rings (SSSR count). The zero-order chi connectivity index (χ0) is 29.3. The number of hydrogen-bond acceptors (Lipinski definition) is 7. The van der Waals surface area contributed by atoms with Crippen molar-refractivity contribution >= 4 is 17.8 Å². The molecule has 0 aromatic carbocycles. The lowest BCUT2D eigenvalue weighted by atomic mass is 9.77. The van der Waals surface area contributed by atoms with Crippen molar-refractivity contribution in [2.45, 2.75) is 25.3 Å². The lowest BCUT2D eigenvalue weighted by Crippen LogP contribution is -2.40. The molecule has 0 bridgehead atoms. The Hall–Kier alpha value is -3.95. The van der Waals surface area contributed by atoms with E-state index < -0.39 is 24.3 Å². The molecule has 39 heavy (non-hydrogen) atoms. The fourth-order valence-electron chi connectivity index (χ4n) is 3.93. The second kappa shape index (κ2) is 13.2. The van der Waals surface area contributed by atoms with Gasteiger partial charge >= 0.3 is 24.3 Å². The summed E-state index contributed by atoms with van der Waals surface area (Å²) in [5, 5.41) is 17.3. The molecule has 4 heterocycles. The molecule has 2 atom stereocenters. The summed E-state index contributed by atoms with van der Waals surface area (Å²) in [6.07, 6.45) is -3.91. The van der Waals surface area contributed by atoms with Crippen LogP contribution < -0.4 is 10.1 Å². The number of alkyl halides is 6. The molecule has 3 N–H and O–H groups in total. The second-order valence-corrected chi connectivity index (χ2v) is 8.47. The molecule has 0 aliphatic carbocycles. The van der Waals surface area contributed by atoms with Gasteiger partial charge in [0.2, 0.25) is 11.8 Å². The Morgan fingerprint density at radius 2 is 1.69 bits per heavy atom. The largest absolute Gasteiger partial charge is 0.490 e. The molecule has 2 saturated heterocycles. The summed E-state index contributed by atoms with van der Waals surface area (Å²) >= 11 is 0. The lowest BCUT2D eigenvalue weighted by Gasteiger charge is -2.28. The number of aromatic nitrogens is 2. The van der Waals surface area contributed by atoms with E-state index in [2.05, 4.69) is 26.3 Å². The summed E-state index contributed by atoms with van der Waals surface area (Å²) in [4.78, 5) is 41.1. The van der Waals surface area contributed by atoms with Crippen LogP contribution in [-0.2, 0) is 20.9 Å². The van der Waals surface area contributed by atoms with Crippen molar-refractivity contribution in [3.63, 3.8) is 0 Å². The Morgan fingerprint density at radius 1 is 1.05 bits per heavy atom. The highest BCUT2D eigenvalue weighted by atomic mass is 19.4. The number of pyridine rings is 2. The third kappa shape index (κ3) is 9.38. The van der Waals surface area contributed by atoms with E-state index >= 15 is 0 Å². The average molecular weight is 566 g/mol. The predicted octanol–water partition coefficient (Wildman–Crippen LogP) is 2.76. The number of nitrogens with zero attached hydrogens (tertiary/aromatic N) is 3. The molecule has 2 aromatic rings. The number of carboxylic acid groups (broad SMARTS) is 2. The standard InChI is InChI=1S/C19H22N4O2.2C2HF3O2/c24-18-19(6-9-23(14-19)12-15-4-3-7-20-10-15)16(11-22-18)13-25-17-5-1-2-8-21-17;2*3-2(4,5)1(6)7/h1-5,7-8,10,16H,6,9,11-14H2,(H,22,24);2*(H,6,7)/t16-,19-;;/m1../s1. The first-order valence-electron chi connectivity index (χ1n) is 11.2. The summed E-state index contributed by atoms with van der Waals surface area (Å²) in [7, 11) is 0. The predicted molar refractivity (Wildman–Crippen MR) is 120 cm³/mol. The van der Waals surface area contributed by atoms with E-state index in [4.69, 9.17) is 24.5 Å². The van der Waals surface area contributed by atoms with Gasteiger partial charge in [-0.1, -0.05) is 12.1 Å². The number of carbonyl (C=O) groups is 3. The van der Waals surface area contributed by atoms with E-state index in [-0.39, 0.29) is 17.2 Å². The quantitative estimate of drug-likeness (QED) is 0.466. The molecular formula is C23H24F6N4O6. The van der Waals surface area contributed by atoms with Crippen LogP contribution in [0.4, 0.5) is 26.3 Å². The van der Waals surface area contributed by atoms with Gasteiger partial charge in [-0.2, -0.15) is 26.3 Å². The highest BCUT2D eigenvalue weighted by Gasteiger charge is 2.54. The molecular weight excluding hydrogens is 542 g/mol. The zero-order valence-electron chi connectivity index (χ0n) is 20.1. The first-order chi connectivity index (χ1) is 18.1. The average Bonchev–Trinajstić information content (AvgIpc) is 3.42. The maximum atomic E-state index is 12.6. The topological polar surface area (TPSA) is 142 Å². The van der Waals surface area contributed by atoms with Gasteiger partial charge < -0.3 is 20.3 Å². The fraction of sp³-hybridized carbons (Fsp3) is 0.435. The highest BCUT2D eigenvalue weighted by molar-refractivity contribution is 5.86. The van der Waals surface area contributed by atoms with E-state index in [1.54, 1.807) is 12.4 Å². The van der Waals surface area contributed by atoms with Gasteiger partial charge in [-0.25, -0.2) is 14.6 Å². The van der Waals surface area contributed by atoms with Gasteiger partial charge in [-0.05, 0) is 30.7 Å². The molecule has 16 heteroatoms. The summed E-state index contributed by atoms with van der Waals surface area (Å²) in [6, 6.07) is 9.64. The Balaban J connectivity index is 0.000000317. The summed E-state index contributed by atoms with van der Waals surface area (Å²) in [5.74, 6) is -4.57. The smallest absolute Gasteiger partial charge is 0.477 e. The van der Waals surface area contributed by atoms with Crippen molar-refractivity contribution in [1.29, 1.82) is 0 Å². The number of carbonyl (C=O) groups excluding carboxylic acids is 1. The van der Waals surface area contributed by atoms with E-state index in [1.807, 2.05) is 30.5 Å². The van der Waals surface area contributed by atoms with Gasteiger partial charge in [0.25, 0.3) is 0 Å². The van der Waals surface area contributed by atoms with E-state index in [0.29, 0.717) is 19.0 Å². The highest BCUT2D eigenvalue weighted by Crippen LogP contribution is 2.42. The first kappa shape index (κ1) is 31.3. The molecule has 0 saturated carbocycles. The van der Waals surface area contributed by atoms with Crippen molar-refractivity contribution in [1.82, 2.24) is 20.2 Å². The van der Waals surface area contributed by atoms with Crippen molar-refractivity contribution < 1.29 is 55.7 Å². The molecule has 10 nitrogen and oxygen atoms in total. The second-order valence-electron chi connectivity index (χ2n) is 8.47. The van der Waals surface area contributed by atoms with Crippen molar-refractivity contribution in [2.75, 3.05) is 26.2 Å². The number of halogens is 6. The molecule has 2 fully saturated rings. The lowest BCUT2D eigenvalue weighted by molar-refractivity contribution is -0.193. The monoisotopic (exact) mass is 566 g/mol. The van der Waals surface area contributed by atoms with Crippen LogP contribution in [0.25, 0.3) is 0 Å². The van der Waals surface area contributed by atoms with Crippen LogP contribution in [0.3, 0.4) is 0 Å². The minimum Gasteiger partial charge on any atom is -0.477 e. The molecule has 1 amide bonds. The molecule has 2 aliphatic heterocycles. The minimum absolute atomic E-state index is 0.163. The van der Waals surface area contributed by atoms with E-state index in [1.165, 1.54) is 5.56 Å². The number of amides is 1. The van der Waals surface area contributed by atoms with Gasteiger partial charge in [0.1, 0.15) is 0 Å². The number of nitrogens with one attached hydrogen (secondary N) is 1. The number of likely N-dealkylation sites (tertiary alicyclic amines) is 1. The Morgan fingerprint density at radius 3 is 2.21 bits per heavy atom. The number of hydrogen-bond donors (Lipinski definition) is 3. The van der Waals surface area contributed by atoms with Crippen LogP contribution in [0.2, 0.25) is 0 Å². The number of rotatable bonds is 5. The Bertz CT molecular complexity index is 1080. The first-order valence-corrected chi connectivity index (χ1v) is 11.2. The minimum atomic E-state index is -5.08. The summed E-state index contributed by atoms with van der Waals surface area (Å²) in [5.41, 5.74) is 0.830. The maximum absolute atomic E-state index is 12.6. The van der Waals surface area contributed by atoms with Crippen LogP contribution in [0.15, 0.2) is 48.9 Å². The Labute approximate surface area is 217 Å². The summed E-state index contributed by atoms with van der Waals surface area (Å²) < 4.78 is 69.3. The van der Waals surface area contributed by atoms with E-state index in [0.717, 1.165) is 26.1 Å². The van der Waals surface area contributed by atoms with Gasteiger partial charge in [0, 0.05) is 50.2 Å². The van der Waals surface area contributed by atoms with Gasteiger partial charge in [-0.15, -0.1) is 0 Å². The number of carboxylic acids is 2. The van der Waals surface area contributed by atoms with Crippen LogP contribution in [-0.4, -0.2) is 81.5 Å². The Kier molecular flexibility index (Phi) is 10.6. The van der Waals surface area contributed by atoms with Crippen LogP contribution in [0.1, 0.15) is 12.0 Å². The molecule has 1 spiro atoms. The molecule has 0 unspecified atom stereocenters. The van der Waals surface area contributed by atoms with E-state index in [9.17, 15) is 31.1 Å². The normalized spacial score (nSPS) is 20.8. The van der Waals surface area contributed by atoms with Gasteiger partial charge in [0.05, 0.1) is 12.0 Å². The van der Waals surface area contributed by atoms with Crippen LogP contribution >= 0.6 is 0 Å². The number of ether oxygens (including phenoxy) is 1. The maximum Gasteiger partial charge on any atom is 0.490 e. The van der Waals surface area contributed by atoms with Crippen LogP contribution in [0, 0.1) is 11.3 Å². The third-order valence-corrected chi connectivity index (χ3v) is 5.81. The molecule has 2 aliphatic rings. The number of aliphatic carboxylic acids is 2. The van der Waals surface area contributed by atoms with Crippen molar-refractivity contribution in [3.8, 4) is 5.88 Å². The molecule has 2 aromatic heterocycles.